The molecule has 3 heteroatoms. The minimum Gasteiger partial charge on any atom is -0.490 e. The Labute approximate surface area is 169 Å². The van der Waals surface area contributed by atoms with Gasteiger partial charge in [-0.05, 0) is 72.4 Å². The van der Waals surface area contributed by atoms with Gasteiger partial charge in [0.25, 0.3) is 0 Å². The number of nitrogens with two attached hydrogens (primary N) is 1. The van der Waals surface area contributed by atoms with E-state index in [1.54, 1.807) is 0 Å². The van der Waals surface area contributed by atoms with Crippen LogP contribution in [0.4, 0.5) is 0 Å². The molecule has 3 N–H and O–H groups in total. The maximum Gasteiger partial charge on any atom is 0.127 e. The largest absolute Gasteiger partial charge is 0.490 e. The smallest absolute Gasteiger partial charge is 0.127 e. The first kappa shape index (κ1) is 20.9. The zero-order valence-corrected chi connectivity index (χ0v) is 17.8. The van der Waals surface area contributed by atoms with Crippen LogP contribution >= 0.6 is 0 Å². The van der Waals surface area contributed by atoms with Crippen molar-refractivity contribution < 1.29 is 9.84 Å². The molecule has 1 aliphatic rings. The van der Waals surface area contributed by atoms with E-state index in [0.717, 1.165) is 46.4 Å². The van der Waals surface area contributed by atoms with Crippen LogP contribution in [0.5, 0.6) is 5.75 Å². The fourth-order valence-electron chi connectivity index (χ4n) is 4.32. The molecule has 1 saturated carbocycles. The van der Waals surface area contributed by atoms with Crippen molar-refractivity contribution in [3.8, 4) is 5.75 Å². The van der Waals surface area contributed by atoms with Crippen LogP contribution in [0.2, 0.25) is 0 Å². The quantitative estimate of drug-likeness (QED) is 0.705. The lowest BCUT2D eigenvalue weighted by molar-refractivity contribution is 0.0882. The third kappa shape index (κ3) is 4.26. The highest BCUT2D eigenvalue weighted by Crippen LogP contribution is 2.40. The molecule has 1 aliphatic carbocycles. The average molecular weight is 382 g/mol. The molecule has 3 nitrogen and oxygen atoms in total. The molecule has 2 aromatic rings. The standard InChI is InChI=1S/C25H35NO2/c1-6-21-22-13-10-19(25(5,26)16-27)15-17(22)7-14-23(21)28-20-11-8-18(9-12-20)24(2,3)4/h6-7,10,13-15,18,20,27H,1,8-9,11-12,16,26H2,2-5H3/t18-,20-,25-/m0/s1. The second kappa shape index (κ2) is 7.88. The summed E-state index contributed by atoms with van der Waals surface area (Å²) in [7, 11) is 0. The van der Waals surface area contributed by atoms with E-state index in [-0.39, 0.29) is 12.7 Å². The normalized spacial score (nSPS) is 22.6. The molecule has 0 bridgehead atoms. The number of rotatable bonds is 5. The molecule has 0 heterocycles. The molecule has 0 aromatic heterocycles. The molecule has 1 atom stereocenters. The maximum absolute atomic E-state index is 9.55. The van der Waals surface area contributed by atoms with Gasteiger partial charge < -0.3 is 15.6 Å². The van der Waals surface area contributed by atoms with Crippen LogP contribution in [0, 0.1) is 11.3 Å². The van der Waals surface area contributed by atoms with Gasteiger partial charge in [0.15, 0.2) is 0 Å². The predicted molar refractivity (Wildman–Crippen MR) is 118 cm³/mol. The molecule has 0 aliphatic heterocycles. The first-order chi connectivity index (χ1) is 13.2. The highest BCUT2D eigenvalue weighted by Gasteiger charge is 2.30. The first-order valence-corrected chi connectivity index (χ1v) is 10.4. The summed E-state index contributed by atoms with van der Waals surface area (Å²) in [6.07, 6.45) is 6.83. The molecule has 0 spiro atoms. The Morgan fingerprint density at radius 3 is 2.36 bits per heavy atom. The fraction of sp³-hybridized carbons (Fsp3) is 0.520. The summed E-state index contributed by atoms with van der Waals surface area (Å²) in [5.74, 6) is 1.69. The Balaban J connectivity index is 1.83. The van der Waals surface area contributed by atoms with Gasteiger partial charge in [-0.3, -0.25) is 0 Å². The van der Waals surface area contributed by atoms with E-state index in [1.807, 2.05) is 25.1 Å². The van der Waals surface area contributed by atoms with Crippen LogP contribution in [-0.4, -0.2) is 17.8 Å². The van der Waals surface area contributed by atoms with Gasteiger partial charge in [-0.15, -0.1) is 0 Å². The summed E-state index contributed by atoms with van der Waals surface area (Å²) in [4.78, 5) is 0. The topological polar surface area (TPSA) is 55.5 Å². The van der Waals surface area contributed by atoms with Crippen LogP contribution in [0.25, 0.3) is 16.8 Å². The monoisotopic (exact) mass is 381 g/mol. The number of hydrogen-bond donors (Lipinski definition) is 2. The molecule has 28 heavy (non-hydrogen) atoms. The van der Waals surface area contributed by atoms with E-state index in [0.29, 0.717) is 5.41 Å². The zero-order valence-electron chi connectivity index (χ0n) is 17.8. The molecule has 1 fully saturated rings. The summed E-state index contributed by atoms with van der Waals surface area (Å²) in [6.45, 7) is 12.8. The maximum atomic E-state index is 9.55. The van der Waals surface area contributed by atoms with Crippen molar-refractivity contribution in [1.82, 2.24) is 0 Å². The van der Waals surface area contributed by atoms with Gasteiger partial charge in [-0.2, -0.15) is 0 Å². The number of benzene rings is 2. The molecule has 0 radical (unpaired) electrons. The summed E-state index contributed by atoms with van der Waals surface area (Å²) in [5.41, 5.74) is 7.79. The molecule has 0 amide bonds. The minimum atomic E-state index is -0.747. The lowest BCUT2D eigenvalue weighted by atomic mass is 9.72. The molecular formula is C25H35NO2. The third-order valence-corrected chi connectivity index (χ3v) is 6.41. The Hall–Kier alpha value is -1.84. The molecular weight excluding hydrogens is 346 g/mol. The summed E-state index contributed by atoms with van der Waals surface area (Å²) in [5, 5.41) is 11.7. The highest BCUT2D eigenvalue weighted by atomic mass is 16.5. The van der Waals surface area contributed by atoms with Crippen molar-refractivity contribution in [2.45, 2.75) is 65.0 Å². The van der Waals surface area contributed by atoms with Crippen molar-refractivity contribution in [3.05, 3.63) is 48.0 Å². The van der Waals surface area contributed by atoms with Crippen molar-refractivity contribution in [1.29, 1.82) is 0 Å². The highest BCUT2D eigenvalue weighted by molar-refractivity contribution is 5.93. The molecule has 2 aromatic carbocycles. The Bertz CT molecular complexity index is 839. The SMILES string of the molecule is C=Cc1c(O[C@H]2CC[C@H](C(C)(C)C)CC2)ccc2cc([C@@](C)(N)CO)ccc12. The minimum absolute atomic E-state index is 0.0920. The number of aliphatic hydroxyl groups is 1. The van der Waals surface area contributed by atoms with E-state index in [1.165, 1.54) is 12.8 Å². The second-order valence-corrected chi connectivity index (χ2v) is 9.65. The van der Waals surface area contributed by atoms with E-state index in [2.05, 4.69) is 45.5 Å². The molecule has 152 valence electrons. The van der Waals surface area contributed by atoms with Gasteiger partial charge >= 0.3 is 0 Å². The van der Waals surface area contributed by atoms with E-state index < -0.39 is 5.54 Å². The summed E-state index contributed by atoms with van der Waals surface area (Å²) < 4.78 is 6.43. The second-order valence-electron chi connectivity index (χ2n) is 9.65. The van der Waals surface area contributed by atoms with Gasteiger partial charge in [-0.25, -0.2) is 0 Å². The van der Waals surface area contributed by atoms with Gasteiger partial charge in [0.05, 0.1) is 18.2 Å². The lowest BCUT2D eigenvalue weighted by Gasteiger charge is -2.37. The van der Waals surface area contributed by atoms with Gasteiger partial charge in [0.2, 0.25) is 0 Å². The van der Waals surface area contributed by atoms with Gasteiger partial charge in [0.1, 0.15) is 5.75 Å². The molecule has 0 saturated heterocycles. The van der Waals surface area contributed by atoms with Gasteiger partial charge in [-0.1, -0.05) is 51.6 Å². The van der Waals surface area contributed by atoms with E-state index >= 15 is 0 Å². The van der Waals surface area contributed by atoms with Crippen LogP contribution in [0.3, 0.4) is 0 Å². The van der Waals surface area contributed by atoms with Crippen LogP contribution in [-0.2, 0) is 5.54 Å². The summed E-state index contributed by atoms with van der Waals surface area (Å²) >= 11 is 0. The zero-order chi connectivity index (χ0) is 20.5. The lowest BCUT2D eigenvalue weighted by Crippen LogP contribution is -2.36. The Morgan fingerprint density at radius 2 is 1.79 bits per heavy atom. The van der Waals surface area contributed by atoms with Crippen LogP contribution in [0.1, 0.15) is 64.5 Å². The van der Waals surface area contributed by atoms with Crippen LogP contribution < -0.4 is 10.5 Å². The Kier molecular flexibility index (Phi) is 5.88. The number of fused-ring (bicyclic) bond motifs is 1. The van der Waals surface area contributed by atoms with E-state index in [4.69, 9.17) is 10.5 Å². The first-order valence-electron chi connectivity index (χ1n) is 10.4. The fourth-order valence-corrected chi connectivity index (χ4v) is 4.32. The molecule has 3 rings (SSSR count). The van der Waals surface area contributed by atoms with Crippen molar-refractivity contribution in [2.24, 2.45) is 17.1 Å². The number of hydrogen-bond acceptors (Lipinski definition) is 3. The third-order valence-electron chi connectivity index (χ3n) is 6.41. The van der Waals surface area contributed by atoms with Crippen molar-refractivity contribution >= 4 is 16.8 Å². The predicted octanol–water partition coefficient (Wildman–Crippen LogP) is 5.63. The van der Waals surface area contributed by atoms with Crippen LogP contribution in [0.15, 0.2) is 36.9 Å². The van der Waals surface area contributed by atoms with E-state index in [9.17, 15) is 5.11 Å². The van der Waals surface area contributed by atoms with Crippen molar-refractivity contribution in [3.63, 3.8) is 0 Å². The van der Waals surface area contributed by atoms with Gasteiger partial charge in [0, 0.05) is 5.56 Å². The van der Waals surface area contributed by atoms with Crippen molar-refractivity contribution in [2.75, 3.05) is 6.61 Å². The number of aliphatic hydroxyl groups excluding tert-OH is 1. The number of ether oxygens (including phenoxy) is 1. The summed E-state index contributed by atoms with van der Waals surface area (Å²) in [6, 6.07) is 10.2. The Morgan fingerprint density at radius 1 is 1.11 bits per heavy atom. The molecule has 0 unspecified atom stereocenters. The average Bonchev–Trinajstić information content (AvgIpc) is 2.67.